The van der Waals surface area contributed by atoms with Gasteiger partial charge >= 0.3 is 5.97 Å². The third-order valence-corrected chi connectivity index (χ3v) is 7.30. The highest BCUT2D eigenvalue weighted by molar-refractivity contribution is 7.10. The fraction of sp³-hybridized carbons (Fsp3) is 0.667. The Morgan fingerprint density at radius 2 is 2.00 bits per heavy atom. The van der Waals surface area contributed by atoms with E-state index in [2.05, 4.69) is 22.8 Å². The molecule has 0 atom stereocenters. The molecule has 0 unspecified atom stereocenters. The maximum Gasteiger partial charge on any atom is 0.312 e. The van der Waals surface area contributed by atoms with Crippen molar-refractivity contribution in [2.75, 3.05) is 13.2 Å². The Bertz CT molecular complexity index is 642. The van der Waals surface area contributed by atoms with Gasteiger partial charge in [0.15, 0.2) is 0 Å². The molecule has 1 aromatic heterocycles. The highest BCUT2D eigenvalue weighted by atomic mass is 32.1. The summed E-state index contributed by atoms with van der Waals surface area (Å²) in [6.07, 6.45) is 6.46. The van der Waals surface area contributed by atoms with Crippen LogP contribution in [0.4, 0.5) is 0 Å². The number of hydrogen-bond donors (Lipinski definition) is 2. The summed E-state index contributed by atoms with van der Waals surface area (Å²) >= 11 is 1.76. The van der Waals surface area contributed by atoms with E-state index >= 15 is 0 Å². The minimum absolute atomic E-state index is 0.0327. The van der Waals surface area contributed by atoms with Crippen molar-refractivity contribution < 1.29 is 19.4 Å². The first kappa shape index (κ1) is 16.1. The van der Waals surface area contributed by atoms with Crippen molar-refractivity contribution in [1.82, 2.24) is 5.32 Å². The zero-order chi connectivity index (χ0) is 16.8. The van der Waals surface area contributed by atoms with Crippen LogP contribution in [-0.2, 0) is 19.7 Å². The molecule has 130 valence electrons. The zero-order valence-corrected chi connectivity index (χ0v) is 14.5. The summed E-state index contributed by atoms with van der Waals surface area (Å²) in [5.41, 5.74) is -1.69. The molecule has 4 aliphatic rings. The van der Waals surface area contributed by atoms with Crippen LogP contribution in [0.1, 0.15) is 49.8 Å². The van der Waals surface area contributed by atoms with Gasteiger partial charge in [0.2, 0.25) is 0 Å². The van der Waals surface area contributed by atoms with Crippen molar-refractivity contribution in [2.45, 2.75) is 56.0 Å². The molecular formula is C18H23NO4S. The predicted molar refractivity (Wildman–Crippen MR) is 90.1 cm³/mol. The van der Waals surface area contributed by atoms with Gasteiger partial charge in [0.05, 0.1) is 12.0 Å². The maximum atomic E-state index is 12.7. The number of carboxylic acid groups (broad SMARTS) is 1. The number of nitrogens with one attached hydrogen (secondary N) is 1. The summed E-state index contributed by atoms with van der Waals surface area (Å²) < 4.78 is 5.61. The Balaban J connectivity index is 1.44. The Hall–Kier alpha value is -1.40. The highest BCUT2D eigenvalue weighted by Gasteiger charge is 2.70. The fourth-order valence-electron chi connectivity index (χ4n) is 4.69. The SMILES string of the molecule is O=C(O)C12COC(C(=O)NCC3(c4cccs4)CCCCC3)(C1)C2. The standard InChI is InChI=1S/C18H23NO4S/c20-14(18-9-17(10-18,12-23-18)15(21)22)19-11-16(6-2-1-3-7-16)13-5-4-8-24-13/h4-5,8H,1-3,6-7,9-12H2,(H,19,20)(H,21,22). The molecule has 2 aliphatic carbocycles. The molecule has 5 rings (SSSR count). The van der Waals surface area contributed by atoms with Gasteiger partial charge in [-0.3, -0.25) is 9.59 Å². The van der Waals surface area contributed by atoms with E-state index in [0.29, 0.717) is 19.4 Å². The van der Waals surface area contributed by atoms with Crippen LogP contribution in [0.2, 0.25) is 0 Å². The van der Waals surface area contributed by atoms with Crippen LogP contribution >= 0.6 is 11.3 Å². The van der Waals surface area contributed by atoms with Gasteiger partial charge in [-0.1, -0.05) is 25.3 Å². The van der Waals surface area contributed by atoms with Gasteiger partial charge in [-0.15, -0.1) is 11.3 Å². The molecule has 2 saturated heterocycles. The summed E-state index contributed by atoms with van der Waals surface area (Å²) in [6.45, 7) is 0.781. The van der Waals surface area contributed by atoms with Crippen LogP contribution < -0.4 is 5.32 Å². The molecule has 1 amide bonds. The molecule has 4 fully saturated rings. The Labute approximate surface area is 145 Å². The first-order chi connectivity index (χ1) is 11.5. The predicted octanol–water partition coefficient (Wildman–Crippen LogP) is 2.70. The smallest absolute Gasteiger partial charge is 0.312 e. The molecule has 5 nitrogen and oxygen atoms in total. The van der Waals surface area contributed by atoms with Crippen molar-refractivity contribution in [3.8, 4) is 0 Å². The monoisotopic (exact) mass is 349 g/mol. The molecule has 2 N–H and O–H groups in total. The number of thiophene rings is 1. The molecule has 0 aromatic carbocycles. The van der Waals surface area contributed by atoms with Gasteiger partial charge in [-0.25, -0.2) is 0 Å². The van der Waals surface area contributed by atoms with E-state index in [0.717, 1.165) is 12.8 Å². The number of carbonyl (C=O) groups excluding carboxylic acids is 1. The van der Waals surface area contributed by atoms with E-state index in [4.69, 9.17) is 4.74 Å². The number of amides is 1. The second kappa shape index (κ2) is 5.56. The molecule has 2 bridgehead atoms. The topological polar surface area (TPSA) is 75.6 Å². The van der Waals surface area contributed by atoms with Crippen LogP contribution in [0.25, 0.3) is 0 Å². The van der Waals surface area contributed by atoms with Gasteiger partial charge in [0.1, 0.15) is 5.60 Å². The lowest BCUT2D eigenvalue weighted by molar-refractivity contribution is -0.158. The number of hydrogen-bond acceptors (Lipinski definition) is 4. The summed E-state index contributed by atoms with van der Waals surface area (Å²) in [7, 11) is 0. The van der Waals surface area contributed by atoms with Gasteiger partial charge < -0.3 is 15.2 Å². The molecule has 1 aromatic rings. The third kappa shape index (κ3) is 2.30. The molecule has 24 heavy (non-hydrogen) atoms. The van der Waals surface area contributed by atoms with Crippen molar-refractivity contribution in [1.29, 1.82) is 0 Å². The second-order valence-electron chi connectivity index (χ2n) is 7.72. The van der Waals surface area contributed by atoms with Crippen molar-refractivity contribution in [3.05, 3.63) is 22.4 Å². The lowest BCUT2D eigenvalue weighted by Gasteiger charge is -2.42. The molecule has 6 heteroatoms. The number of fused-ring (bicyclic) bond motifs is 1. The van der Waals surface area contributed by atoms with Crippen LogP contribution in [0.3, 0.4) is 0 Å². The summed E-state index contributed by atoms with van der Waals surface area (Å²) in [4.78, 5) is 25.4. The van der Waals surface area contributed by atoms with E-state index < -0.39 is 17.0 Å². The van der Waals surface area contributed by atoms with Gasteiger partial charge in [0, 0.05) is 29.7 Å². The van der Waals surface area contributed by atoms with E-state index in [-0.39, 0.29) is 17.9 Å². The second-order valence-corrected chi connectivity index (χ2v) is 8.67. The Kier molecular flexibility index (Phi) is 3.73. The first-order valence-electron chi connectivity index (χ1n) is 8.70. The lowest BCUT2D eigenvalue weighted by atomic mass is 9.62. The largest absolute Gasteiger partial charge is 0.481 e. The number of carbonyl (C=O) groups is 2. The molecule has 2 aliphatic heterocycles. The third-order valence-electron chi connectivity index (χ3n) is 6.18. The van der Waals surface area contributed by atoms with Crippen molar-refractivity contribution >= 4 is 23.2 Å². The number of rotatable bonds is 5. The Morgan fingerprint density at radius 1 is 1.25 bits per heavy atom. The number of ether oxygens (including phenoxy) is 1. The molecule has 3 heterocycles. The normalized spacial score (nSPS) is 33.7. The van der Waals surface area contributed by atoms with Crippen LogP contribution in [0.15, 0.2) is 17.5 Å². The minimum Gasteiger partial charge on any atom is -0.481 e. The number of aliphatic carboxylic acids is 1. The van der Waals surface area contributed by atoms with E-state index in [9.17, 15) is 14.7 Å². The average molecular weight is 349 g/mol. The van der Waals surface area contributed by atoms with Crippen LogP contribution in [-0.4, -0.2) is 35.7 Å². The molecule has 0 radical (unpaired) electrons. The maximum absolute atomic E-state index is 12.7. The Morgan fingerprint density at radius 3 is 2.58 bits per heavy atom. The van der Waals surface area contributed by atoms with E-state index in [1.165, 1.54) is 24.1 Å². The van der Waals surface area contributed by atoms with Crippen LogP contribution in [0.5, 0.6) is 0 Å². The zero-order valence-electron chi connectivity index (χ0n) is 13.7. The van der Waals surface area contributed by atoms with Gasteiger partial charge in [0.25, 0.3) is 5.91 Å². The summed E-state index contributed by atoms with van der Waals surface area (Å²) in [5.74, 6) is -0.968. The van der Waals surface area contributed by atoms with E-state index in [1.807, 2.05) is 0 Å². The lowest BCUT2D eigenvalue weighted by Crippen LogP contribution is -2.58. The average Bonchev–Trinajstić information content (AvgIpc) is 3.27. The molecule has 0 spiro atoms. The fourth-order valence-corrected chi connectivity index (χ4v) is 5.68. The first-order valence-corrected chi connectivity index (χ1v) is 9.58. The van der Waals surface area contributed by atoms with Gasteiger partial charge in [-0.05, 0) is 24.3 Å². The summed E-state index contributed by atoms with van der Waals surface area (Å²) in [6, 6.07) is 4.25. The quantitative estimate of drug-likeness (QED) is 0.857. The van der Waals surface area contributed by atoms with E-state index in [1.54, 1.807) is 11.3 Å². The summed E-state index contributed by atoms with van der Waals surface area (Å²) in [5, 5.41) is 14.5. The molecule has 2 saturated carbocycles. The molecular weight excluding hydrogens is 326 g/mol. The van der Waals surface area contributed by atoms with Crippen molar-refractivity contribution in [3.63, 3.8) is 0 Å². The minimum atomic E-state index is -0.899. The number of carboxylic acids is 1. The van der Waals surface area contributed by atoms with Crippen LogP contribution in [0, 0.1) is 5.41 Å². The van der Waals surface area contributed by atoms with Crippen molar-refractivity contribution in [2.24, 2.45) is 5.41 Å². The van der Waals surface area contributed by atoms with Gasteiger partial charge in [-0.2, -0.15) is 0 Å². The highest BCUT2D eigenvalue weighted by Crippen LogP contribution is 2.58.